The van der Waals surface area contributed by atoms with Gasteiger partial charge in [0.25, 0.3) is 5.91 Å². The monoisotopic (exact) mass is 352 g/mol. The van der Waals surface area contributed by atoms with Crippen LogP contribution in [0.25, 0.3) is 0 Å². The van der Waals surface area contributed by atoms with Gasteiger partial charge in [0.2, 0.25) is 11.7 Å². The van der Waals surface area contributed by atoms with Crippen molar-refractivity contribution in [2.75, 3.05) is 0 Å². The Morgan fingerprint density at radius 1 is 1.24 bits per heavy atom. The fourth-order valence-corrected chi connectivity index (χ4v) is 3.90. The topological polar surface area (TPSA) is 95.9 Å². The summed E-state index contributed by atoms with van der Waals surface area (Å²) < 4.78 is 5.55. The summed E-state index contributed by atoms with van der Waals surface area (Å²) >= 11 is 0. The average molecular weight is 352 g/mol. The van der Waals surface area contributed by atoms with Crippen molar-refractivity contribution in [1.29, 1.82) is 0 Å². The first-order valence-corrected chi connectivity index (χ1v) is 9.01. The van der Waals surface area contributed by atoms with Crippen LogP contribution in [0.15, 0.2) is 11.8 Å². The van der Waals surface area contributed by atoms with Gasteiger partial charge in [-0.2, -0.15) is 0 Å². The van der Waals surface area contributed by atoms with Crippen molar-refractivity contribution in [3.63, 3.8) is 0 Å². The first-order valence-electron chi connectivity index (χ1n) is 9.01. The minimum absolute atomic E-state index is 0.133. The van der Waals surface area contributed by atoms with Gasteiger partial charge in [0.05, 0.1) is 6.04 Å². The SMILES string of the molecule is CC[C@@H]1CC[C@H](CC)N1C(=O)[C@@H]1OC(C(=O)O)=C[C@H](C)[C@H]1NC(C)=O. The molecule has 25 heavy (non-hydrogen) atoms. The van der Waals surface area contributed by atoms with E-state index < -0.39 is 18.1 Å². The number of carboxylic acids is 1. The van der Waals surface area contributed by atoms with Gasteiger partial charge in [-0.15, -0.1) is 0 Å². The highest BCUT2D eigenvalue weighted by molar-refractivity contribution is 5.88. The molecule has 140 valence electrons. The van der Waals surface area contributed by atoms with Crippen LogP contribution in [0, 0.1) is 5.92 Å². The predicted octanol–water partition coefficient (Wildman–Crippen LogP) is 1.67. The quantitative estimate of drug-likeness (QED) is 0.785. The van der Waals surface area contributed by atoms with E-state index >= 15 is 0 Å². The maximum absolute atomic E-state index is 13.3. The van der Waals surface area contributed by atoms with E-state index in [0.29, 0.717) is 0 Å². The highest BCUT2D eigenvalue weighted by atomic mass is 16.5. The Kier molecular flexibility index (Phi) is 6.08. The van der Waals surface area contributed by atoms with E-state index in [1.165, 1.54) is 13.0 Å². The number of hydrogen-bond donors (Lipinski definition) is 2. The molecule has 0 saturated carbocycles. The normalized spacial score (nSPS) is 31.9. The Hall–Kier alpha value is -2.05. The summed E-state index contributed by atoms with van der Waals surface area (Å²) in [6.45, 7) is 7.25. The second-order valence-electron chi connectivity index (χ2n) is 6.91. The molecule has 0 spiro atoms. The molecule has 0 aromatic carbocycles. The molecular formula is C18H28N2O5. The third kappa shape index (κ3) is 3.96. The Balaban J connectivity index is 2.33. The van der Waals surface area contributed by atoms with Gasteiger partial charge in [0.15, 0.2) is 6.10 Å². The summed E-state index contributed by atoms with van der Waals surface area (Å²) in [5.74, 6) is -2.25. The van der Waals surface area contributed by atoms with Gasteiger partial charge >= 0.3 is 5.97 Å². The van der Waals surface area contributed by atoms with Crippen LogP contribution >= 0.6 is 0 Å². The van der Waals surface area contributed by atoms with Gasteiger partial charge in [-0.3, -0.25) is 9.59 Å². The van der Waals surface area contributed by atoms with E-state index in [0.717, 1.165) is 25.7 Å². The summed E-state index contributed by atoms with van der Waals surface area (Å²) in [5, 5.41) is 12.0. The summed E-state index contributed by atoms with van der Waals surface area (Å²) in [4.78, 5) is 38.1. The molecule has 2 aliphatic heterocycles. The van der Waals surface area contributed by atoms with Crippen molar-refractivity contribution in [2.45, 2.75) is 77.6 Å². The van der Waals surface area contributed by atoms with E-state index in [1.807, 2.05) is 18.7 Å². The fraction of sp³-hybridized carbons (Fsp3) is 0.722. The number of carbonyl (C=O) groups is 3. The van der Waals surface area contributed by atoms with Crippen LogP contribution in [0.5, 0.6) is 0 Å². The number of carbonyl (C=O) groups excluding carboxylic acids is 2. The van der Waals surface area contributed by atoms with Crippen molar-refractivity contribution in [3.05, 3.63) is 11.8 Å². The maximum atomic E-state index is 13.3. The number of amides is 2. The van der Waals surface area contributed by atoms with Crippen LogP contribution < -0.4 is 5.32 Å². The van der Waals surface area contributed by atoms with Crippen LogP contribution in [0.3, 0.4) is 0 Å². The average Bonchev–Trinajstić information content (AvgIpc) is 2.98. The number of aliphatic carboxylic acids is 1. The molecule has 2 rings (SSSR count). The standard InChI is InChI=1S/C18H28N2O5/c1-5-12-7-8-13(6-2)20(12)17(22)16-15(19-11(4)21)10(3)9-14(25-16)18(23)24/h9-10,12-13,15-16H,5-8H2,1-4H3,(H,19,21)(H,23,24)/t10-,12-,13+,15+,16+/m0/s1. The zero-order valence-corrected chi connectivity index (χ0v) is 15.3. The molecule has 1 fully saturated rings. The lowest BCUT2D eigenvalue weighted by atomic mass is 9.91. The maximum Gasteiger partial charge on any atom is 0.370 e. The van der Waals surface area contributed by atoms with Crippen molar-refractivity contribution < 1.29 is 24.2 Å². The van der Waals surface area contributed by atoms with Crippen LogP contribution in [-0.2, 0) is 19.1 Å². The van der Waals surface area contributed by atoms with Gasteiger partial charge in [-0.25, -0.2) is 4.79 Å². The number of ether oxygens (including phenoxy) is 1. The van der Waals surface area contributed by atoms with Crippen molar-refractivity contribution in [1.82, 2.24) is 10.2 Å². The van der Waals surface area contributed by atoms with Gasteiger partial charge < -0.3 is 20.1 Å². The third-order valence-electron chi connectivity index (χ3n) is 5.20. The van der Waals surface area contributed by atoms with E-state index in [9.17, 15) is 19.5 Å². The summed E-state index contributed by atoms with van der Waals surface area (Å²) in [7, 11) is 0. The molecule has 7 heteroatoms. The molecule has 1 saturated heterocycles. The number of likely N-dealkylation sites (tertiary alicyclic amines) is 1. The number of carboxylic acid groups (broad SMARTS) is 1. The molecule has 2 N–H and O–H groups in total. The molecular weight excluding hydrogens is 324 g/mol. The number of rotatable bonds is 5. The molecule has 0 unspecified atom stereocenters. The Bertz CT molecular complexity index is 562. The van der Waals surface area contributed by atoms with Crippen LogP contribution in [-0.4, -0.2) is 52.0 Å². The summed E-state index contributed by atoms with van der Waals surface area (Å²) in [5.41, 5.74) is 0. The van der Waals surface area contributed by atoms with Crippen LogP contribution in [0.1, 0.15) is 53.4 Å². The Morgan fingerprint density at radius 2 is 1.80 bits per heavy atom. The van der Waals surface area contributed by atoms with E-state index in [4.69, 9.17) is 4.74 Å². The molecule has 5 atom stereocenters. The molecule has 0 aromatic rings. The molecule has 7 nitrogen and oxygen atoms in total. The van der Waals surface area contributed by atoms with Gasteiger partial charge in [0, 0.05) is 24.9 Å². The van der Waals surface area contributed by atoms with Crippen molar-refractivity contribution in [3.8, 4) is 0 Å². The number of nitrogens with one attached hydrogen (secondary N) is 1. The molecule has 2 aliphatic rings. The number of hydrogen-bond acceptors (Lipinski definition) is 4. The summed E-state index contributed by atoms with van der Waals surface area (Å²) in [6, 6.07) is -0.314. The minimum atomic E-state index is -1.20. The minimum Gasteiger partial charge on any atom is -0.475 e. The van der Waals surface area contributed by atoms with Crippen molar-refractivity contribution >= 4 is 17.8 Å². The van der Waals surface area contributed by atoms with Crippen LogP contribution in [0.2, 0.25) is 0 Å². The molecule has 2 amide bonds. The van der Waals surface area contributed by atoms with Crippen LogP contribution in [0.4, 0.5) is 0 Å². The molecule has 2 heterocycles. The molecule has 0 aliphatic carbocycles. The highest BCUT2D eigenvalue weighted by Gasteiger charge is 2.45. The molecule has 0 aromatic heterocycles. The first kappa shape index (κ1) is 19.3. The zero-order chi connectivity index (χ0) is 18.7. The van der Waals surface area contributed by atoms with E-state index in [2.05, 4.69) is 5.32 Å². The second kappa shape index (κ2) is 7.89. The first-order chi connectivity index (χ1) is 11.8. The Morgan fingerprint density at radius 3 is 2.24 bits per heavy atom. The van der Waals surface area contributed by atoms with Crippen molar-refractivity contribution in [2.24, 2.45) is 5.92 Å². The number of nitrogens with zero attached hydrogens (tertiary/aromatic N) is 1. The predicted molar refractivity (Wildman–Crippen MR) is 91.6 cm³/mol. The molecule has 0 bridgehead atoms. The lowest BCUT2D eigenvalue weighted by Gasteiger charge is -2.39. The fourth-order valence-electron chi connectivity index (χ4n) is 3.90. The lowest BCUT2D eigenvalue weighted by molar-refractivity contribution is -0.152. The summed E-state index contributed by atoms with van der Waals surface area (Å²) in [6.07, 6.45) is 4.00. The lowest BCUT2D eigenvalue weighted by Crippen LogP contribution is -2.58. The highest BCUT2D eigenvalue weighted by Crippen LogP contribution is 2.32. The van der Waals surface area contributed by atoms with Gasteiger partial charge in [-0.1, -0.05) is 20.8 Å². The van der Waals surface area contributed by atoms with Gasteiger partial charge in [0.1, 0.15) is 0 Å². The second-order valence-corrected chi connectivity index (χ2v) is 6.91. The third-order valence-corrected chi connectivity index (χ3v) is 5.20. The smallest absolute Gasteiger partial charge is 0.370 e. The van der Waals surface area contributed by atoms with E-state index in [1.54, 1.807) is 6.92 Å². The molecule has 0 radical (unpaired) electrons. The zero-order valence-electron chi connectivity index (χ0n) is 15.3. The Labute approximate surface area is 148 Å². The van der Waals surface area contributed by atoms with E-state index in [-0.39, 0.29) is 35.6 Å². The largest absolute Gasteiger partial charge is 0.475 e. The van der Waals surface area contributed by atoms with Gasteiger partial charge in [-0.05, 0) is 31.8 Å².